The number of aldehydes is 1. The highest BCUT2D eigenvalue weighted by atomic mass is 32.2. The molecule has 0 aromatic carbocycles. The minimum atomic E-state index is -3.68. The summed E-state index contributed by atoms with van der Waals surface area (Å²) in [6.45, 7) is 8.89. The summed E-state index contributed by atoms with van der Waals surface area (Å²) in [4.78, 5) is 10.5. The van der Waals surface area contributed by atoms with Gasteiger partial charge in [-0.25, -0.2) is 13.1 Å². The summed E-state index contributed by atoms with van der Waals surface area (Å²) in [5, 5.41) is -0.217. The first-order valence-corrected chi connectivity index (χ1v) is 7.66. The molecule has 1 saturated carbocycles. The number of sulfonamides is 1. The monoisotopic (exact) mass is 285 g/mol. The molecule has 0 aliphatic heterocycles. The van der Waals surface area contributed by atoms with Crippen molar-refractivity contribution in [1.82, 2.24) is 4.72 Å². The van der Waals surface area contributed by atoms with Crippen LogP contribution in [-0.2, 0) is 10.0 Å². The molecule has 0 bridgehead atoms. The van der Waals surface area contributed by atoms with E-state index in [2.05, 4.69) is 32.4 Å². The summed E-state index contributed by atoms with van der Waals surface area (Å²) in [6.07, 6.45) is 0.478. The topological polar surface area (TPSA) is 76.4 Å². The molecule has 0 saturated heterocycles. The molecule has 0 amide bonds. The normalized spacial score (nSPS) is 21.3. The van der Waals surface area contributed by atoms with Crippen molar-refractivity contribution in [3.05, 3.63) is 17.9 Å². The van der Waals surface area contributed by atoms with E-state index >= 15 is 0 Å². The van der Waals surface area contributed by atoms with E-state index < -0.39 is 10.0 Å². The van der Waals surface area contributed by atoms with Crippen LogP contribution in [0.5, 0.6) is 0 Å². The highest BCUT2D eigenvalue weighted by Crippen LogP contribution is 2.67. The van der Waals surface area contributed by atoms with Crippen molar-refractivity contribution in [2.45, 2.75) is 32.8 Å². The number of rotatable bonds is 5. The van der Waals surface area contributed by atoms with Crippen molar-refractivity contribution >= 4 is 16.3 Å². The summed E-state index contributed by atoms with van der Waals surface area (Å²) in [7, 11) is -3.68. The van der Waals surface area contributed by atoms with E-state index in [9.17, 15) is 13.2 Å². The maximum Gasteiger partial charge on any atom is 0.273 e. The zero-order valence-electron chi connectivity index (χ0n) is 11.6. The highest BCUT2D eigenvalue weighted by Gasteiger charge is 2.64. The second-order valence-corrected chi connectivity index (χ2v) is 7.82. The van der Waals surface area contributed by atoms with E-state index in [-0.39, 0.29) is 27.6 Å². The molecule has 1 aromatic heterocycles. The van der Waals surface area contributed by atoms with Gasteiger partial charge >= 0.3 is 0 Å². The number of nitrogens with one attached hydrogen (secondary N) is 1. The molecule has 1 fully saturated rings. The van der Waals surface area contributed by atoms with E-state index in [0.29, 0.717) is 12.8 Å². The number of hydrogen-bond donors (Lipinski definition) is 1. The Morgan fingerprint density at radius 2 is 1.84 bits per heavy atom. The smallest absolute Gasteiger partial charge is 0.273 e. The number of carbonyl (C=O) groups excluding carboxylic acids is 1. The molecule has 0 unspecified atom stereocenters. The first-order valence-electron chi connectivity index (χ1n) is 6.17. The number of carbonyl (C=O) groups is 1. The summed E-state index contributed by atoms with van der Waals surface area (Å²) >= 11 is 0. The lowest BCUT2D eigenvalue weighted by Crippen LogP contribution is -2.27. The van der Waals surface area contributed by atoms with Gasteiger partial charge in [0.25, 0.3) is 10.0 Å². The molecule has 0 atom stereocenters. The Morgan fingerprint density at radius 1 is 1.26 bits per heavy atom. The number of hydrogen-bond acceptors (Lipinski definition) is 4. The van der Waals surface area contributed by atoms with E-state index in [0.717, 1.165) is 0 Å². The van der Waals surface area contributed by atoms with Crippen molar-refractivity contribution in [2.24, 2.45) is 16.7 Å². The van der Waals surface area contributed by atoms with Gasteiger partial charge in [0.05, 0.1) is 0 Å². The molecule has 1 N–H and O–H groups in total. The molecule has 0 radical (unpaired) electrons. The first-order chi connectivity index (χ1) is 8.63. The fourth-order valence-corrected chi connectivity index (χ4v) is 3.63. The van der Waals surface area contributed by atoms with E-state index in [1.807, 2.05) is 0 Å². The van der Waals surface area contributed by atoms with Gasteiger partial charge in [0.1, 0.15) is 0 Å². The fraction of sp³-hybridized carbons (Fsp3) is 0.615. The summed E-state index contributed by atoms with van der Waals surface area (Å²) in [5.41, 5.74) is 0.235. The third-order valence-electron chi connectivity index (χ3n) is 4.78. The highest BCUT2D eigenvalue weighted by molar-refractivity contribution is 7.89. The van der Waals surface area contributed by atoms with Gasteiger partial charge in [-0.3, -0.25) is 4.79 Å². The maximum atomic E-state index is 12.0. The van der Waals surface area contributed by atoms with Gasteiger partial charge in [-0.1, -0.05) is 27.7 Å². The van der Waals surface area contributed by atoms with Crippen molar-refractivity contribution in [3.63, 3.8) is 0 Å². The second kappa shape index (κ2) is 4.18. The Kier molecular flexibility index (Phi) is 3.14. The molecule has 6 heteroatoms. The summed E-state index contributed by atoms with van der Waals surface area (Å²) < 4.78 is 31.5. The molecule has 5 nitrogen and oxygen atoms in total. The van der Waals surface area contributed by atoms with Gasteiger partial charge in [-0.2, -0.15) is 0 Å². The maximum absolute atomic E-state index is 12.0. The van der Waals surface area contributed by atoms with Crippen LogP contribution in [0.4, 0.5) is 0 Å². The van der Waals surface area contributed by atoms with E-state index in [1.54, 1.807) is 0 Å². The Morgan fingerprint density at radius 3 is 2.26 bits per heavy atom. The van der Waals surface area contributed by atoms with Crippen LogP contribution in [0.15, 0.2) is 21.6 Å². The summed E-state index contributed by atoms with van der Waals surface area (Å²) in [6, 6.07) is 2.63. The molecule has 0 spiro atoms. The lowest BCUT2D eigenvalue weighted by Gasteiger charge is -2.05. The minimum absolute atomic E-state index is 0.00690. The van der Waals surface area contributed by atoms with Crippen molar-refractivity contribution < 1.29 is 17.6 Å². The molecule has 1 aliphatic carbocycles. The quantitative estimate of drug-likeness (QED) is 0.840. The van der Waals surface area contributed by atoms with Crippen LogP contribution < -0.4 is 4.72 Å². The molecule has 106 valence electrons. The van der Waals surface area contributed by atoms with Crippen LogP contribution in [-0.4, -0.2) is 21.2 Å². The molecular weight excluding hydrogens is 266 g/mol. The van der Waals surface area contributed by atoms with E-state index in [4.69, 9.17) is 4.42 Å². The van der Waals surface area contributed by atoms with Crippen molar-refractivity contribution in [2.75, 3.05) is 6.54 Å². The zero-order chi connectivity index (χ0) is 14.5. The van der Waals surface area contributed by atoms with Crippen LogP contribution in [0, 0.1) is 16.7 Å². The zero-order valence-corrected chi connectivity index (χ0v) is 12.4. The SMILES string of the molecule is CC1(C)C(CNS(=O)(=O)c2ccc(C=O)o2)C1(C)C. The molecule has 1 aliphatic rings. The summed E-state index contributed by atoms with van der Waals surface area (Å²) in [5.74, 6) is 0.294. The Balaban J connectivity index is 2.06. The van der Waals surface area contributed by atoms with Gasteiger partial charge in [0.2, 0.25) is 5.09 Å². The van der Waals surface area contributed by atoms with Gasteiger partial charge in [-0.15, -0.1) is 0 Å². The Bertz CT molecular complexity index is 584. The van der Waals surface area contributed by atoms with Crippen molar-refractivity contribution in [3.8, 4) is 0 Å². The Labute approximate surface area is 113 Å². The number of furan rings is 1. The van der Waals surface area contributed by atoms with Crippen LogP contribution in [0.25, 0.3) is 0 Å². The van der Waals surface area contributed by atoms with Gasteiger partial charge in [-0.05, 0) is 28.9 Å². The van der Waals surface area contributed by atoms with Gasteiger partial charge in [0, 0.05) is 6.54 Å². The van der Waals surface area contributed by atoms with Crippen LogP contribution in [0.1, 0.15) is 38.2 Å². The second-order valence-electron chi connectivity index (χ2n) is 6.12. The van der Waals surface area contributed by atoms with Gasteiger partial charge in [0.15, 0.2) is 12.0 Å². The molecule has 1 heterocycles. The first kappa shape index (κ1) is 14.3. The van der Waals surface area contributed by atoms with E-state index in [1.165, 1.54) is 12.1 Å². The molecule has 19 heavy (non-hydrogen) atoms. The van der Waals surface area contributed by atoms with Crippen LogP contribution in [0.2, 0.25) is 0 Å². The standard InChI is InChI=1S/C13H19NO4S/c1-12(2)10(13(12,3)4)7-14-19(16,17)11-6-5-9(8-15)18-11/h5-6,8,10,14H,7H2,1-4H3. The molecule has 2 rings (SSSR count). The predicted molar refractivity (Wildman–Crippen MR) is 70.3 cm³/mol. The largest absolute Gasteiger partial charge is 0.440 e. The predicted octanol–water partition coefficient (Wildman–Crippen LogP) is 2.05. The average Bonchev–Trinajstić information content (AvgIpc) is 2.72. The lowest BCUT2D eigenvalue weighted by atomic mass is 10.0. The van der Waals surface area contributed by atoms with Crippen molar-refractivity contribution in [1.29, 1.82) is 0 Å². The van der Waals surface area contributed by atoms with Gasteiger partial charge < -0.3 is 4.42 Å². The third-order valence-corrected chi connectivity index (χ3v) is 6.08. The van der Waals surface area contributed by atoms with Crippen LogP contribution in [0.3, 0.4) is 0 Å². The molecular formula is C13H19NO4S. The Hall–Kier alpha value is -1.14. The van der Waals surface area contributed by atoms with Crippen LogP contribution >= 0.6 is 0 Å². The third kappa shape index (κ3) is 2.23. The fourth-order valence-electron chi connectivity index (χ4n) is 2.65. The minimum Gasteiger partial charge on any atom is -0.440 e. The molecule has 1 aromatic rings. The lowest BCUT2D eigenvalue weighted by molar-refractivity contribution is 0.109. The average molecular weight is 285 g/mol.